The molecule has 2 aromatic heterocycles. The van der Waals surface area contributed by atoms with Gasteiger partial charge in [-0.05, 0) is 56.5 Å². The molecule has 3 heteroatoms. The molecular weight excluding hydrogens is 643 g/mol. The van der Waals surface area contributed by atoms with Crippen LogP contribution in [-0.2, 0) is 5.41 Å². The molecule has 0 radical (unpaired) electrons. The molecule has 9 aromatic rings. The molecule has 0 unspecified atom stereocenters. The van der Waals surface area contributed by atoms with Gasteiger partial charge in [-0.2, -0.15) is 0 Å². The molecule has 0 saturated carbocycles. The van der Waals surface area contributed by atoms with Crippen LogP contribution in [0.25, 0.3) is 78.3 Å². The van der Waals surface area contributed by atoms with Crippen molar-refractivity contribution in [3.8, 4) is 67.5 Å². The molecule has 0 aliphatic heterocycles. The summed E-state index contributed by atoms with van der Waals surface area (Å²) in [5.41, 5.74) is 16.2. The smallest absolute Gasteiger partial charge is 0.179 e. The normalized spacial score (nSPS) is 13.1. The number of fused-ring (bicyclic) bond motifs is 12. The van der Waals surface area contributed by atoms with Gasteiger partial charge in [0.15, 0.2) is 5.82 Å². The highest BCUT2D eigenvalue weighted by molar-refractivity contribution is 6.06. The van der Waals surface area contributed by atoms with Crippen molar-refractivity contribution in [3.63, 3.8) is 0 Å². The second kappa shape index (κ2) is 11.5. The second-order valence-electron chi connectivity index (χ2n) is 13.9. The van der Waals surface area contributed by atoms with Crippen LogP contribution in [-0.4, -0.2) is 15.0 Å². The van der Waals surface area contributed by atoms with Crippen LogP contribution in [0, 0.1) is 0 Å². The lowest BCUT2D eigenvalue weighted by molar-refractivity contribution is 0.799. The largest absolute Gasteiger partial charge is 0.243 e. The molecular formula is C50H31N3. The van der Waals surface area contributed by atoms with Gasteiger partial charge in [0.25, 0.3) is 0 Å². The van der Waals surface area contributed by atoms with Crippen LogP contribution in [0.5, 0.6) is 0 Å². The molecule has 2 aliphatic rings. The number of pyridine rings is 1. The van der Waals surface area contributed by atoms with Crippen molar-refractivity contribution in [2.24, 2.45) is 0 Å². The van der Waals surface area contributed by atoms with Crippen molar-refractivity contribution in [2.45, 2.75) is 5.41 Å². The minimum atomic E-state index is -0.500. The molecule has 53 heavy (non-hydrogen) atoms. The molecule has 2 aliphatic carbocycles. The van der Waals surface area contributed by atoms with E-state index in [1.165, 1.54) is 38.9 Å². The molecule has 3 nitrogen and oxygen atoms in total. The zero-order valence-corrected chi connectivity index (χ0v) is 28.7. The van der Waals surface area contributed by atoms with E-state index >= 15 is 0 Å². The van der Waals surface area contributed by atoms with Crippen molar-refractivity contribution < 1.29 is 0 Å². The number of benzene rings is 7. The SMILES string of the molecule is c1ccc(-c2cccc(-c3cc(-c4ccccc4)nc(-c4nc5c(c6ccccc46)C4(c6ccccc6-c6ccccc64)c4ccccc4-5)n3)c2)cc1. The number of rotatable bonds is 4. The van der Waals surface area contributed by atoms with Gasteiger partial charge in [-0.25, -0.2) is 15.0 Å². The summed E-state index contributed by atoms with van der Waals surface area (Å²) in [4.78, 5) is 16.3. The van der Waals surface area contributed by atoms with Crippen LogP contribution in [0.4, 0.5) is 0 Å². The van der Waals surface area contributed by atoms with Gasteiger partial charge in [-0.15, -0.1) is 0 Å². The van der Waals surface area contributed by atoms with Crippen LogP contribution in [0.3, 0.4) is 0 Å². The molecule has 0 atom stereocenters. The topological polar surface area (TPSA) is 38.7 Å². The summed E-state index contributed by atoms with van der Waals surface area (Å²) in [6, 6.07) is 67.0. The highest BCUT2D eigenvalue weighted by atomic mass is 14.9. The van der Waals surface area contributed by atoms with Crippen molar-refractivity contribution >= 4 is 10.8 Å². The molecule has 0 bridgehead atoms. The first-order valence-electron chi connectivity index (χ1n) is 18.1. The summed E-state index contributed by atoms with van der Waals surface area (Å²) < 4.78 is 0. The standard InChI is InChI=1S/C50H31N3/c1-3-16-32(17-4-1)34-20-15-21-35(30-34)45-31-44(33-18-5-2-6-19-33)51-49(52-45)48-39-25-8-7-24-38(39)46-47(53-48)40-26-11-14-29-43(40)50(46)41-27-12-9-22-36(41)37-23-10-13-28-42(37)50/h1-31H. The summed E-state index contributed by atoms with van der Waals surface area (Å²) in [7, 11) is 0. The van der Waals surface area contributed by atoms with E-state index in [2.05, 4.69) is 182 Å². The van der Waals surface area contributed by atoms with Crippen LogP contribution in [0.15, 0.2) is 188 Å². The maximum absolute atomic E-state index is 5.67. The predicted octanol–water partition coefficient (Wildman–Crippen LogP) is 12.0. The Kier molecular flexibility index (Phi) is 6.47. The Balaban J connectivity index is 1.21. The molecule has 0 N–H and O–H groups in total. The minimum absolute atomic E-state index is 0.500. The summed E-state index contributed by atoms with van der Waals surface area (Å²) >= 11 is 0. The summed E-state index contributed by atoms with van der Waals surface area (Å²) in [6.07, 6.45) is 0. The lowest BCUT2D eigenvalue weighted by Gasteiger charge is -2.31. The van der Waals surface area contributed by atoms with Crippen LogP contribution in [0.2, 0.25) is 0 Å². The number of hydrogen-bond acceptors (Lipinski definition) is 3. The zero-order chi connectivity index (χ0) is 34.9. The van der Waals surface area contributed by atoms with E-state index in [-0.39, 0.29) is 0 Å². The van der Waals surface area contributed by atoms with E-state index in [0.717, 1.165) is 55.8 Å². The third kappa shape index (κ3) is 4.31. The van der Waals surface area contributed by atoms with Crippen LogP contribution < -0.4 is 0 Å². The van der Waals surface area contributed by atoms with Gasteiger partial charge < -0.3 is 0 Å². The Morgan fingerprint density at radius 3 is 1.49 bits per heavy atom. The first kappa shape index (κ1) is 29.7. The van der Waals surface area contributed by atoms with Gasteiger partial charge in [0, 0.05) is 27.6 Å². The monoisotopic (exact) mass is 673 g/mol. The molecule has 2 heterocycles. The highest BCUT2D eigenvalue weighted by Crippen LogP contribution is 2.64. The lowest BCUT2D eigenvalue weighted by Crippen LogP contribution is -2.26. The first-order chi connectivity index (χ1) is 26.3. The van der Waals surface area contributed by atoms with Gasteiger partial charge in [0.2, 0.25) is 0 Å². The molecule has 0 fully saturated rings. The minimum Gasteiger partial charge on any atom is -0.243 e. The maximum Gasteiger partial charge on any atom is 0.179 e. The Bertz CT molecular complexity index is 2850. The lowest BCUT2D eigenvalue weighted by atomic mass is 9.69. The van der Waals surface area contributed by atoms with Crippen LogP contribution >= 0.6 is 0 Å². The quantitative estimate of drug-likeness (QED) is 0.187. The van der Waals surface area contributed by atoms with Crippen LogP contribution in [0.1, 0.15) is 22.3 Å². The Labute approximate surface area is 308 Å². The highest BCUT2D eigenvalue weighted by Gasteiger charge is 2.53. The molecule has 0 saturated heterocycles. The number of hydrogen-bond donors (Lipinski definition) is 0. The molecule has 11 rings (SSSR count). The Morgan fingerprint density at radius 2 is 0.811 bits per heavy atom. The fourth-order valence-corrected chi connectivity index (χ4v) is 8.90. The van der Waals surface area contributed by atoms with Gasteiger partial charge >= 0.3 is 0 Å². The third-order valence-corrected chi connectivity index (χ3v) is 11.1. The Hall–Kier alpha value is -6.97. The fourth-order valence-electron chi connectivity index (χ4n) is 8.90. The van der Waals surface area contributed by atoms with Gasteiger partial charge in [-0.1, -0.05) is 176 Å². The van der Waals surface area contributed by atoms with E-state index in [1.54, 1.807) is 0 Å². The van der Waals surface area contributed by atoms with Crippen molar-refractivity contribution in [1.82, 2.24) is 15.0 Å². The summed E-state index contributed by atoms with van der Waals surface area (Å²) in [5, 5.41) is 2.20. The third-order valence-electron chi connectivity index (χ3n) is 11.1. The molecule has 0 amide bonds. The first-order valence-corrected chi connectivity index (χ1v) is 18.1. The average Bonchev–Trinajstić information content (AvgIpc) is 3.71. The van der Waals surface area contributed by atoms with E-state index in [4.69, 9.17) is 15.0 Å². The van der Waals surface area contributed by atoms with E-state index in [9.17, 15) is 0 Å². The predicted molar refractivity (Wildman–Crippen MR) is 215 cm³/mol. The van der Waals surface area contributed by atoms with Gasteiger partial charge in [0.1, 0.15) is 5.69 Å². The summed E-state index contributed by atoms with van der Waals surface area (Å²) in [5.74, 6) is 0.608. The van der Waals surface area contributed by atoms with E-state index in [1.807, 2.05) is 6.07 Å². The molecule has 246 valence electrons. The van der Waals surface area contributed by atoms with Crippen molar-refractivity contribution in [2.75, 3.05) is 0 Å². The molecule has 7 aromatic carbocycles. The van der Waals surface area contributed by atoms with Crippen molar-refractivity contribution in [3.05, 3.63) is 210 Å². The molecule has 1 spiro atoms. The zero-order valence-electron chi connectivity index (χ0n) is 28.7. The summed E-state index contributed by atoms with van der Waals surface area (Å²) in [6.45, 7) is 0. The number of aromatic nitrogens is 3. The number of nitrogens with zero attached hydrogens (tertiary/aromatic N) is 3. The average molecular weight is 674 g/mol. The van der Waals surface area contributed by atoms with Crippen molar-refractivity contribution in [1.29, 1.82) is 0 Å². The van der Waals surface area contributed by atoms with E-state index < -0.39 is 5.41 Å². The Morgan fingerprint density at radius 1 is 0.321 bits per heavy atom. The maximum atomic E-state index is 5.67. The van der Waals surface area contributed by atoms with Gasteiger partial charge in [-0.3, -0.25) is 0 Å². The fraction of sp³-hybridized carbons (Fsp3) is 0.0200. The second-order valence-corrected chi connectivity index (χ2v) is 13.9. The van der Waals surface area contributed by atoms with E-state index in [0.29, 0.717) is 5.82 Å². The van der Waals surface area contributed by atoms with Gasteiger partial charge in [0.05, 0.1) is 22.5 Å².